The van der Waals surface area contributed by atoms with Crippen molar-refractivity contribution in [2.75, 3.05) is 17.7 Å². The molecule has 5 rings (SSSR count). The van der Waals surface area contributed by atoms with Crippen LogP contribution in [-0.4, -0.2) is 44.7 Å². The normalized spacial score (nSPS) is 20.6. The Balaban J connectivity index is 1.67. The van der Waals surface area contributed by atoms with Crippen LogP contribution in [-0.2, 0) is 11.3 Å². The van der Waals surface area contributed by atoms with Crippen LogP contribution in [0.2, 0.25) is 0 Å². The van der Waals surface area contributed by atoms with Crippen molar-refractivity contribution in [2.24, 2.45) is 0 Å². The fourth-order valence-electron chi connectivity index (χ4n) is 3.56. The number of carbonyl (C=O) groups excluding carboxylic acids is 1. The second-order valence-electron chi connectivity index (χ2n) is 7.03. The van der Waals surface area contributed by atoms with Gasteiger partial charge < -0.3 is 20.7 Å². The van der Waals surface area contributed by atoms with Crippen LogP contribution in [0.5, 0.6) is 0 Å². The highest BCUT2D eigenvalue weighted by Gasteiger charge is 2.34. The van der Waals surface area contributed by atoms with Crippen LogP contribution in [0.3, 0.4) is 0 Å². The molecule has 3 aromatic rings. The third kappa shape index (κ3) is 2.92. The van der Waals surface area contributed by atoms with E-state index >= 15 is 0 Å². The van der Waals surface area contributed by atoms with E-state index in [1.807, 2.05) is 0 Å². The van der Waals surface area contributed by atoms with Crippen LogP contribution >= 0.6 is 0 Å². The first kappa shape index (κ1) is 17.4. The number of ether oxygens (including phenoxy) is 1. The van der Waals surface area contributed by atoms with Gasteiger partial charge in [-0.2, -0.15) is 5.26 Å². The molecule has 0 radical (unpaired) electrons. The van der Waals surface area contributed by atoms with Crippen molar-refractivity contribution in [3.8, 4) is 6.07 Å². The smallest absolute Gasteiger partial charge is 0.328 e. The predicted octanol–water partition coefficient (Wildman–Crippen LogP) is 2.10. The van der Waals surface area contributed by atoms with E-state index in [1.54, 1.807) is 19.2 Å². The second kappa shape index (κ2) is 6.72. The number of nitrogens with one attached hydrogen (secondary N) is 3. The summed E-state index contributed by atoms with van der Waals surface area (Å²) in [5.41, 5.74) is 3.37. The molecule has 4 heterocycles. The molecule has 3 aromatic heterocycles. The highest BCUT2D eigenvalue weighted by Crippen LogP contribution is 2.29. The second-order valence-corrected chi connectivity index (χ2v) is 7.03. The molecule has 0 aromatic carbocycles. The molecule has 3 N–H and O–H groups in total. The summed E-state index contributed by atoms with van der Waals surface area (Å²) in [6.07, 6.45) is 4.61. The average molecular weight is 390 g/mol. The number of nitriles is 1. The van der Waals surface area contributed by atoms with Gasteiger partial charge in [-0.05, 0) is 18.9 Å². The molecule has 1 aliphatic heterocycles. The summed E-state index contributed by atoms with van der Waals surface area (Å²) in [4.78, 5) is 26.1. The van der Waals surface area contributed by atoms with Crippen molar-refractivity contribution >= 4 is 34.4 Å². The Bertz CT molecular complexity index is 1160. The SMILES string of the molecule is CNc1cc2nc3c1ncn3C(=O)N[C@@H]1CC[C@H]1OCc1cc(c(C#N)cn1)N2. The fourth-order valence-corrected chi connectivity index (χ4v) is 3.56. The quantitative estimate of drug-likeness (QED) is 0.576. The largest absolute Gasteiger partial charge is 0.386 e. The molecule has 0 saturated heterocycles. The van der Waals surface area contributed by atoms with Gasteiger partial charge in [0.25, 0.3) is 0 Å². The molecule has 10 nitrogen and oxygen atoms in total. The van der Waals surface area contributed by atoms with Crippen molar-refractivity contribution < 1.29 is 9.53 Å². The number of carbonyl (C=O) groups is 1. The average Bonchev–Trinajstić information content (AvgIpc) is 3.14. The first-order chi connectivity index (χ1) is 14.2. The van der Waals surface area contributed by atoms with E-state index in [1.165, 1.54) is 17.1 Å². The third-order valence-electron chi connectivity index (χ3n) is 5.30. The number of hydrogen-bond donors (Lipinski definition) is 3. The molecule has 0 unspecified atom stereocenters. The zero-order chi connectivity index (χ0) is 20.0. The molecule has 2 aliphatic rings. The van der Waals surface area contributed by atoms with Crippen molar-refractivity contribution in [3.05, 3.63) is 35.9 Å². The summed E-state index contributed by atoms with van der Waals surface area (Å²) in [5, 5.41) is 18.7. The van der Waals surface area contributed by atoms with Crippen molar-refractivity contribution in [1.29, 1.82) is 5.26 Å². The molecule has 1 aliphatic carbocycles. The van der Waals surface area contributed by atoms with Gasteiger partial charge in [0.2, 0.25) is 0 Å². The molecule has 29 heavy (non-hydrogen) atoms. The molecular formula is C19H18N8O2. The maximum atomic E-state index is 12.8. The van der Waals surface area contributed by atoms with E-state index in [0.717, 1.165) is 12.8 Å². The van der Waals surface area contributed by atoms with Crippen molar-refractivity contribution in [3.63, 3.8) is 0 Å². The number of amides is 1. The molecule has 2 atom stereocenters. The Morgan fingerprint density at radius 1 is 1.34 bits per heavy atom. The van der Waals surface area contributed by atoms with E-state index in [4.69, 9.17) is 4.74 Å². The van der Waals surface area contributed by atoms with Gasteiger partial charge in [0.15, 0.2) is 5.65 Å². The fraction of sp³-hybridized carbons (Fsp3) is 0.316. The number of imidazole rings is 1. The minimum absolute atomic E-state index is 0.0779. The summed E-state index contributed by atoms with van der Waals surface area (Å²) >= 11 is 0. The predicted molar refractivity (Wildman–Crippen MR) is 105 cm³/mol. The maximum absolute atomic E-state index is 12.8. The lowest BCUT2D eigenvalue weighted by Gasteiger charge is -2.36. The van der Waals surface area contributed by atoms with Gasteiger partial charge in [-0.3, -0.25) is 4.98 Å². The summed E-state index contributed by atoms with van der Waals surface area (Å²) < 4.78 is 7.34. The van der Waals surface area contributed by atoms with E-state index in [2.05, 4.69) is 37.0 Å². The Morgan fingerprint density at radius 3 is 3.00 bits per heavy atom. The maximum Gasteiger partial charge on any atom is 0.328 e. The van der Waals surface area contributed by atoms with Crippen molar-refractivity contribution in [1.82, 2.24) is 24.8 Å². The molecule has 0 spiro atoms. The van der Waals surface area contributed by atoms with E-state index in [9.17, 15) is 10.1 Å². The Labute approximate surface area is 165 Å². The summed E-state index contributed by atoms with van der Waals surface area (Å²) in [7, 11) is 1.78. The van der Waals surface area contributed by atoms with Gasteiger partial charge in [0, 0.05) is 19.3 Å². The minimum Gasteiger partial charge on any atom is -0.386 e. The van der Waals surface area contributed by atoms with E-state index < -0.39 is 0 Å². The van der Waals surface area contributed by atoms with Crippen LogP contribution in [0.1, 0.15) is 24.1 Å². The molecule has 10 heteroatoms. The Hall–Kier alpha value is -3.71. The highest BCUT2D eigenvalue weighted by molar-refractivity contribution is 5.94. The number of fused-ring (bicyclic) bond motifs is 4. The third-order valence-corrected chi connectivity index (χ3v) is 5.30. The summed E-state index contributed by atoms with van der Waals surface area (Å²) in [6, 6.07) is 5.33. The van der Waals surface area contributed by atoms with Gasteiger partial charge in [-0.15, -0.1) is 0 Å². The lowest BCUT2D eigenvalue weighted by Crippen LogP contribution is -2.52. The molecule has 1 fully saturated rings. The molecule has 1 saturated carbocycles. The standard InChI is InChI=1S/C19H18N8O2/c1-21-14-5-16-24-13-4-11(22-7-10(13)6-20)8-29-15-3-2-12(15)25-19(28)27-9-23-17(14)18(27)26-16/h4-5,7,9,12,15H,2-3,8H2,1H3,(H,25,28)(H2,21,24,26)/t12-,15-/m1/s1. The lowest BCUT2D eigenvalue weighted by atomic mass is 9.89. The van der Waals surface area contributed by atoms with Crippen LogP contribution in [0.25, 0.3) is 11.2 Å². The monoisotopic (exact) mass is 390 g/mol. The molecular weight excluding hydrogens is 372 g/mol. The van der Waals surface area contributed by atoms with Crippen LogP contribution in [0.4, 0.5) is 22.0 Å². The number of anilines is 3. The number of rotatable bonds is 1. The lowest BCUT2D eigenvalue weighted by molar-refractivity contribution is -0.0335. The minimum atomic E-state index is -0.302. The van der Waals surface area contributed by atoms with Gasteiger partial charge in [0.1, 0.15) is 23.7 Å². The number of aromatic nitrogens is 4. The van der Waals surface area contributed by atoms with E-state index in [0.29, 0.717) is 46.2 Å². The van der Waals surface area contributed by atoms with Gasteiger partial charge in [-0.1, -0.05) is 0 Å². The van der Waals surface area contributed by atoms with E-state index in [-0.39, 0.29) is 18.2 Å². The number of hydrogen-bond acceptors (Lipinski definition) is 8. The topological polar surface area (TPSA) is 130 Å². The Morgan fingerprint density at radius 2 is 2.24 bits per heavy atom. The molecule has 146 valence electrons. The van der Waals surface area contributed by atoms with Gasteiger partial charge in [-0.25, -0.2) is 19.3 Å². The highest BCUT2D eigenvalue weighted by atomic mass is 16.5. The zero-order valence-electron chi connectivity index (χ0n) is 15.6. The first-order valence-electron chi connectivity index (χ1n) is 9.30. The molecule has 1 amide bonds. The molecule has 4 bridgehead atoms. The Kier molecular flexibility index (Phi) is 4.03. The number of nitrogens with zero attached hydrogens (tertiary/aromatic N) is 5. The number of pyridine rings is 2. The van der Waals surface area contributed by atoms with Crippen LogP contribution < -0.4 is 16.0 Å². The van der Waals surface area contributed by atoms with Gasteiger partial charge >= 0.3 is 6.03 Å². The van der Waals surface area contributed by atoms with Crippen LogP contribution in [0, 0.1) is 11.3 Å². The summed E-state index contributed by atoms with van der Waals surface area (Å²) in [6.45, 7) is 0.294. The summed E-state index contributed by atoms with van der Waals surface area (Å²) in [5.74, 6) is 0.476. The first-order valence-corrected chi connectivity index (χ1v) is 9.30. The van der Waals surface area contributed by atoms with Crippen LogP contribution in [0.15, 0.2) is 24.7 Å². The zero-order valence-corrected chi connectivity index (χ0v) is 15.6. The van der Waals surface area contributed by atoms with Gasteiger partial charge in [0.05, 0.1) is 41.4 Å². The van der Waals surface area contributed by atoms with Crippen molar-refractivity contribution in [2.45, 2.75) is 31.6 Å².